The number of hydrogen-bond donors (Lipinski definition) is 0. The van der Waals surface area contributed by atoms with Gasteiger partial charge in [0.2, 0.25) is 5.90 Å². The Labute approximate surface area is 175 Å². The number of para-hydroxylation sites is 1. The largest absolute Gasteiger partial charge is 0.402 e. The molecular weight excluding hydrogens is 376 g/mol. The molecule has 150 valence electrons. The van der Waals surface area contributed by atoms with Crippen molar-refractivity contribution in [1.29, 1.82) is 0 Å². The molecule has 0 bridgehead atoms. The number of aliphatic imine (C=N–C) groups is 1. The summed E-state index contributed by atoms with van der Waals surface area (Å²) in [5, 5.41) is 4.80. The number of anilines is 1. The lowest BCUT2D eigenvalue weighted by molar-refractivity contribution is -0.129. The Bertz CT molecular complexity index is 1140. The summed E-state index contributed by atoms with van der Waals surface area (Å²) in [4.78, 5) is 19.3. The van der Waals surface area contributed by atoms with E-state index < -0.39 is 5.97 Å². The predicted molar refractivity (Wildman–Crippen MR) is 117 cm³/mol. The second kappa shape index (κ2) is 7.63. The molecule has 1 fully saturated rings. The molecule has 0 aliphatic carbocycles. The van der Waals surface area contributed by atoms with Gasteiger partial charge in [0, 0.05) is 24.2 Å². The fourth-order valence-corrected chi connectivity index (χ4v) is 3.93. The van der Waals surface area contributed by atoms with Gasteiger partial charge in [0.25, 0.3) is 0 Å². The smallest absolute Gasteiger partial charge is 0.363 e. The Morgan fingerprint density at radius 1 is 0.967 bits per heavy atom. The highest BCUT2D eigenvalue weighted by Gasteiger charge is 2.28. The molecular formula is C24H22N4O2. The lowest BCUT2D eigenvalue weighted by atomic mass is 10.2. The van der Waals surface area contributed by atoms with Crippen molar-refractivity contribution in [2.24, 2.45) is 4.99 Å². The topological polar surface area (TPSA) is 59.7 Å². The Morgan fingerprint density at radius 3 is 2.33 bits per heavy atom. The van der Waals surface area contributed by atoms with E-state index >= 15 is 0 Å². The maximum Gasteiger partial charge on any atom is 0.363 e. The molecule has 3 aromatic rings. The molecule has 0 amide bonds. The van der Waals surface area contributed by atoms with E-state index in [1.807, 2.05) is 78.3 Å². The van der Waals surface area contributed by atoms with Crippen molar-refractivity contribution >= 4 is 23.8 Å². The molecule has 1 aromatic heterocycles. The number of esters is 1. The third-order valence-corrected chi connectivity index (χ3v) is 5.41. The van der Waals surface area contributed by atoms with E-state index in [-0.39, 0.29) is 0 Å². The van der Waals surface area contributed by atoms with Gasteiger partial charge in [-0.25, -0.2) is 14.5 Å². The van der Waals surface area contributed by atoms with Crippen LogP contribution in [-0.4, -0.2) is 34.7 Å². The highest BCUT2D eigenvalue weighted by atomic mass is 16.6. The van der Waals surface area contributed by atoms with Gasteiger partial charge in [0.1, 0.15) is 5.82 Å². The Hall–Kier alpha value is -3.67. The van der Waals surface area contributed by atoms with Crippen molar-refractivity contribution in [2.75, 3.05) is 18.0 Å². The van der Waals surface area contributed by atoms with Crippen molar-refractivity contribution < 1.29 is 9.53 Å². The molecule has 0 spiro atoms. The van der Waals surface area contributed by atoms with E-state index in [9.17, 15) is 4.79 Å². The van der Waals surface area contributed by atoms with E-state index in [1.165, 1.54) is 0 Å². The van der Waals surface area contributed by atoms with Crippen molar-refractivity contribution in [3.63, 3.8) is 0 Å². The summed E-state index contributed by atoms with van der Waals surface area (Å²) < 4.78 is 7.40. The molecule has 6 nitrogen and oxygen atoms in total. The average Bonchev–Trinajstić information content (AvgIpc) is 3.50. The van der Waals surface area contributed by atoms with Gasteiger partial charge in [-0.2, -0.15) is 5.10 Å². The summed E-state index contributed by atoms with van der Waals surface area (Å²) in [6, 6.07) is 19.5. The van der Waals surface area contributed by atoms with Crippen LogP contribution in [0.4, 0.5) is 5.82 Å². The maximum atomic E-state index is 12.5. The first-order chi connectivity index (χ1) is 14.7. The molecule has 1 saturated heterocycles. The number of nitrogens with zero attached hydrogens (tertiary/aromatic N) is 4. The highest BCUT2D eigenvalue weighted by molar-refractivity contribution is 6.13. The zero-order valence-corrected chi connectivity index (χ0v) is 16.8. The number of cyclic esters (lactones) is 1. The number of aromatic nitrogens is 2. The summed E-state index contributed by atoms with van der Waals surface area (Å²) in [7, 11) is 0. The molecule has 2 aromatic carbocycles. The zero-order chi connectivity index (χ0) is 20.5. The SMILES string of the molecule is Cc1nn(-c2ccccc2)c(N2CCCC2)c1/C=C1/N=C(c2ccccc2)OC1=O. The molecule has 0 N–H and O–H groups in total. The van der Waals surface area contributed by atoms with Crippen LogP contribution in [0.1, 0.15) is 29.7 Å². The lowest BCUT2D eigenvalue weighted by Gasteiger charge is -2.20. The molecule has 0 saturated carbocycles. The number of carbonyl (C=O) groups excluding carboxylic acids is 1. The normalized spacial score (nSPS) is 17.5. The van der Waals surface area contributed by atoms with Crippen molar-refractivity contribution in [3.05, 3.63) is 83.2 Å². The van der Waals surface area contributed by atoms with Crippen LogP contribution in [0.2, 0.25) is 0 Å². The van der Waals surface area contributed by atoms with Crippen LogP contribution < -0.4 is 4.90 Å². The van der Waals surface area contributed by atoms with Gasteiger partial charge in [0.15, 0.2) is 5.70 Å². The van der Waals surface area contributed by atoms with Crippen LogP contribution in [-0.2, 0) is 9.53 Å². The van der Waals surface area contributed by atoms with Crippen molar-refractivity contribution in [3.8, 4) is 5.69 Å². The lowest BCUT2D eigenvalue weighted by Crippen LogP contribution is -2.22. The maximum absolute atomic E-state index is 12.5. The van der Waals surface area contributed by atoms with Crippen LogP contribution in [0.25, 0.3) is 11.8 Å². The summed E-state index contributed by atoms with van der Waals surface area (Å²) in [5.41, 5.74) is 3.83. The van der Waals surface area contributed by atoms with Gasteiger partial charge in [0.05, 0.1) is 11.4 Å². The quantitative estimate of drug-likeness (QED) is 0.490. The number of rotatable bonds is 4. The van der Waals surface area contributed by atoms with Gasteiger partial charge < -0.3 is 9.64 Å². The number of ether oxygens (including phenoxy) is 1. The minimum absolute atomic E-state index is 0.296. The summed E-state index contributed by atoms with van der Waals surface area (Å²) in [6.45, 7) is 3.90. The van der Waals surface area contributed by atoms with Crippen LogP contribution >= 0.6 is 0 Å². The van der Waals surface area contributed by atoms with Gasteiger partial charge in [-0.3, -0.25) is 0 Å². The van der Waals surface area contributed by atoms with Gasteiger partial charge in [-0.15, -0.1) is 0 Å². The second-order valence-corrected chi connectivity index (χ2v) is 7.47. The standard InChI is InChI=1S/C24H22N4O2/c1-17-20(16-21-24(29)30-22(25-21)18-10-4-2-5-11-18)23(27-14-8-9-15-27)28(26-17)19-12-6-3-7-13-19/h2-7,10-13,16H,8-9,14-15H2,1H3/b21-16+. The Kier molecular flexibility index (Phi) is 4.67. The van der Waals surface area contributed by atoms with Crippen molar-refractivity contribution in [1.82, 2.24) is 9.78 Å². The molecule has 0 atom stereocenters. The van der Waals surface area contributed by atoms with Crippen molar-refractivity contribution in [2.45, 2.75) is 19.8 Å². The molecule has 6 heteroatoms. The first kappa shape index (κ1) is 18.4. The zero-order valence-electron chi connectivity index (χ0n) is 16.8. The van der Waals surface area contributed by atoms with Gasteiger partial charge in [-0.1, -0.05) is 36.4 Å². The molecule has 0 unspecified atom stereocenters. The first-order valence-corrected chi connectivity index (χ1v) is 10.2. The molecule has 30 heavy (non-hydrogen) atoms. The molecule has 2 aliphatic rings. The third-order valence-electron chi connectivity index (χ3n) is 5.41. The van der Waals surface area contributed by atoms with Crippen LogP contribution in [0, 0.1) is 6.92 Å². The summed E-state index contributed by atoms with van der Waals surface area (Å²) >= 11 is 0. The minimum atomic E-state index is -0.437. The Morgan fingerprint density at radius 2 is 1.63 bits per heavy atom. The minimum Gasteiger partial charge on any atom is -0.402 e. The summed E-state index contributed by atoms with van der Waals surface area (Å²) in [6.07, 6.45) is 4.11. The van der Waals surface area contributed by atoms with E-state index in [2.05, 4.69) is 9.89 Å². The highest BCUT2D eigenvalue weighted by Crippen LogP contribution is 2.32. The molecule has 3 heterocycles. The van der Waals surface area contributed by atoms with Crippen LogP contribution in [0.5, 0.6) is 0 Å². The number of hydrogen-bond acceptors (Lipinski definition) is 5. The molecule has 5 rings (SSSR count). The molecule has 2 aliphatic heterocycles. The number of carbonyl (C=O) groups is 1. The first-order valence-electron chi connectivity index (χ1n) is 10.2. The fraction of sp³-hybridized carbons (Fsp3) is 0.208. The third kappa shape index (κ3) is 3.30. The fourth-order valence-electron chi connectivity index (χ4n) is 3.93. The van der Waals surface area contributed by atoms with Crippen LogP contribution in [0.3, 0.4) is 0 Å². The van der Waals surface area contributed by atoms with Gasteiger partial charge in [-0.05, 0) is 50.1 Å². The van der Waals surface area contributed by atoms with Gasteiger partial charge >= 0.3 is 5.97 Å². The average molecular weight is 398 g/mol. The Balaban J connectivity index is 1.61. The number of aryl methyl sites for hydroxylation is 1. The van der Waals surface area contributed by atoms with E-state index in [0.29, 0.717) is 11.6 Å². The van der Waals surface area contributed by atoms with E-state index in [4.69, 9.17) is 9.84 Å². The predicted octanol–water partition coefficient (Wildman–Crippen LogP) is 4.13. The number of benzene rings is 2. The van der Waals surface area contributed by atoms with E-state index in [0.717, 1.165) is 54.3 Å². The van der Waals surface area contributed by atoms with Crippen LogP contribution in [0.15, 0.2) is 71.4 Å². The second-order valence-electron chi connectivity index (χ2n) is 7.47. The summed E-state index contributed by atoms with van der Waals surface area (Å²) in [5.74, 6) is 0.899. The molecule has 0 radical (unpaired) electrons. The monoisotopic (exact) mass is 398 g/mol. The van der Waals surface area contributed by atoms with E-state index in [1.54, 1.807) is 0 Å².